The average Bonchev–Trinajstić information content (AvgIpc) is 3.17. The lowest BCUT2D eigenvalue weighted by molar-refractivity contribution is -0.138. The summed E-state index contributed by atoms with van der Waals surface area (Å²) >= 11 is 11.8. The van der Waals surface area contributed by atoms with E-state index in [9.17, 15) is 9.90 Å². The summed E-state index contributed by atoms with van der Waals surface area (Å²) in [5, 5.41) is 10.7. The molecule has 0 aromatic heterocycles. The number of carbonyl (C=O) groups is 1. The van der Waals surface area contributed by atoms with Gasteiger partial charge in [0, 0.05) is 15.5 Å². The average molecular weight is 307 g/mol. The van der Waals surface area contributed by atoms with Gasteiger partial charge >= 0.3 is 5.97 Å². The largest absolute Gasteiger partial charge is 0.481 e. The van der Waals surface area contributed by atoms with Crippen LogP contribution < -0.4 is 0 Å². The molecule has 20 heavy (non-hydrogen) atoms. The fourth-order valence-electron chi connectivity index (χ4n) is 2.86. The molecule has 4 heteroatoms. The molecule has 1 saturated carbocycles. The first kappa shape index (κ1) is 13.5. The van der Waals surface area contributed by atoms with E-state index in [1.165, 1.54) is 0 Å². The number of carboxylic acids is 1. The molecule has 0 saturated heterocycles. The van der Waals surface area contributed by atoms with Gasteiger partial charge in [-0.05, 0) is 41.8 Å². The minimum Gasteiger partial charge on any atom is -0.481 e. The van der Waals surface area contributed by atoms with Crippen molar-refractivity contribution in [2.24, 2.45) is 5.92 Å². The van der Waals surface area contributed by atoms with E-state index < -0.39 is 17.3 Å². The molecule has 1 fully saturated rings. The minimum absolute atomic E-state index is 0.398. The Kier molecular flexibility index (Phi) is 3.23. The maximum Gasteiger partial charge on any atom is 0.307 e. The Balaban J connectivity index is 2.09. The van der Waals surface area contributed by atoms with Crippen molar-refractivity contribution in [1.29, 1.82) is 0 Å². The van der Waals surface area contributed by atoms with Gasteiger partial charge < -0.3 is 5.11 Å². The highest BCUT2D eigenvalue weighted by atomic mass is 35.5. The topological polar surface area (TPSA) is 37.3 Å². The summed E-state index contributed by atoms with van der Waals surface area (Å²) in [5.74, 6) is -1.17. The Hall–Kier alpha value is -1.51. The highest BCUT2D eigenvalue weighted by Gasteiger charge is 2.60. The van der Waals surface area contributed by atoms with E-state index in [2.05, 4.69) is 0 Å². The van der Waals surface area contributed by atoms with Crippen LogP contribution in [0.1, 0.15) is 17.5 Å². The SMILES string of the molecule is O=C(O)C1CC1(c1ccc(Cl)cc1)c1ccc(Cl)cc1. The first-order chi connectivity index (χ1) is 9.54. The molecule has 0 amide bonds. The fraction of sp³-hybridized carbons (Fsp3) is 0.188. The first-order valence-electron chi connectivity index (χ1n) is 6.29. The second kappa shape index (κ2) is 4.80. The van der Waals surface area contributed by atoms with Crippen molar-refractivity contribution in [1.82, 2.24) is 0 Å². The van der Waals surface area contributed by atoms with Gasteiger partial charge in [-0.25, -0.2) is 0 Å². The lowest BCUT2D eigenvalue weighted by Gasteiger charge is -2.18. The van der Waals surface area contributed by atoms with Crippen LogP contribution >= 0.6 is 23.2 Å². The number of rotatable bonds is 3. The van der Waals surface area contributed by atoms with Gasteiger partial charge in [0.05, 0.1) is 5.92 Å². The lowest BCUT2D eigenvalue weighted by atomic mass is 9.86. The Morgan fingerprint density at radius 3 is 1.65 bits per heavy atom. The molecular formula is C16H12Cl2O2. The zero-order chi connectivity index (χ0) is 14.3. The summed E-state index contributed by atoms with van der Waals surface area (Å²) in [6.07, 6.45) is 0.603. The lowest BCUT2D eigenvalue weighted by Crippen LogP contribution is -2.16. The van der Waals surface area contributed by atoms with E-state index in [1.807, 2.05) is 24.3 Å². The van der Waals surface area contributed by atoms with Crippen LogP contribution in [0.15, 0.2) is 48.5 Å². The van der Waals surface area contributed by atoms with Crippen molar-refractivity contribution in [2.75, 3.05) is 0 Å². The number of benzene rings is 2. The molecule has 0 heterocycles. The summed E-state index contributed by atoms with van der Waals surface area (Å²) < 4.78 is 0. The van der Waals surface area contributed by atoms with Gasteiger partial charge in [0.25, 0.3) is 0 Å². The van der Waals surface area contributed by atoms with Crippen molar-refractivity contribution in [2.45, 2.75) is 11.8 Å². The first-order valence-corrected chi connectivity index (χ1v) is 7.04. The van der Waals surface area contributed by atoms with Crippen LogP contribution in [0.3, 0.4) is 0 Å². The Morgan fingerprint density at radius 1 is 0.950 bits per heavy atom. The van der Waals surface area contributed by atoms with Gasteiger partial charge in [-0.15, -0.1) is 0 Å². The number of halogens is 2. The number of carboxylic acid groups (broad SMARTS) is 1. The van der Waals surface area contributed by atoms with Gasteiger partial charge in [0.2, 0.25) is 0 Å². The summed E-state index contributed by atoms with van der Waals surface area (Å²) in [6, 6.07) is 14.8. The zero-order valence-corrected chi connectivity index (χ0v) is 12.0. The molecule has 1 N–H and O–H groups in total. The molecule has 2 aromatic rings. The monoisotopic (exact) mass is 306 g/mol. The van der Waals surface area contributed by atoms with E-state index in [-0.39, 0.29) is 0 Å². The van der Waals surface area contributed by atoms with Crippen molar-refractivity contribution in [3.05, 3.63) is 69.7 Å². The molecule has 0 bridgehead atoms. The summed E-state index contributed by atoms with van der Waals surface area (Å²) in [7, 11) is 0. The highest BCUT2D eigenvalue weighted by molar-refractivity contribution is 6.30. The van der Waals surface area contributed by atoms with E-state index in [0.29, 0.717) is 16.5 Å². The molecule has 0 radical (unpaired) electrons. The molecule has 1 aliphatic rings. The van der Waals surface area contributed by atoms with Crippen LogP contribution in [-0.4, -0.2) is 11.1 Å². The van der Waals surface area contributed by atoms with Crippen molar-refractivity contribution < 1.29 is 9.90 Å². The van der Waals surface area contributed by atoms with Gasteiger partial charge in [0.1, 0.15) is 0 Å². The van der Waals surface area contributed by atoms with Gasteiger partial charge in [-0.2, -0.15) is 0 Å². The van der Waals surface area contributed by atoms with E-state index in [4.69, 9.17) is 23.2 Å². The van der Waals surface area contributed by atoms with Crippen LogP contribution in [0.2, 0.25) is 10.0 Å². The predicted molar refractivity (Wildman–Crippen MR) is 79.4 cm³/mol. The van der Waals surface area contributed by atoms with Gasteiger partial charge in [0.15, 0.2) is 0 Å². The summed E-state index contributed by atoms with van der Waals surface area (Å²) in [6.45, 7) is 0. The van der Waals surface area contributed by atoms with Crippen LogP contribution in [-0.2, 0) is 10.2 Å². The van der Waals surface area contributed by atoms with Crippen molar-refractivity contribution >= 4 is 29.2 Å². The molecule has 102 valence electrons. The van der Waals surface area contributed by atoms with E-state index in [0.717, 1.165) is 11.1 Å². The molecule has 1 unspecified atom stereocenters. The highest BCUT2D eigenvalue weighted by Crippen LogP contribution is 2.59. The standard InChI is InChI=1S/C16H12Cl2O2/c17-12-5-1-10(2-6-12)16(9-14(16)15(19)20)11-3-7-13(18)8-4-11/h1-8,14H,9H2,(H,19,20). The summed E-state index contributed by atoms with van der Waals surface area (Å²) in [4.78, 5) is 11.4. The number of hydrogen-bond donors (Lipinski definition) is 1. The Bertz CT molecular complexity index is 602. The summed E-state index contributed by atoms with van der Waals surface area (Å²) in [5.41, 5.74) is 1.51. The van der Waals surface area contributed by atoms with Crippen molar-refractivity contribution in [3.8, 4) is 0 Å². The molecule has 0 aliphatic heterocycles. The smallest absolute Gasteiger partial charge is 0.307 e. The van der Waals surface area contributed by atoms with Gasteiger partial charge in [-0.1, -0.05) is 47.5 Å². The molecule has 0 spiro atoms. The van der Waals surface area contributed by atoms with Crippen LogP contribution in [0, 0.1) is 5.92 Å². The third-order valence-electron chi connectivity index (χ3n) is 3.98. The zero-order valence-electron chi connectivity index (χ0n) is 10.5. The third kappa shape index (κ3) is 2.09. The molecule has 1 aliphatic carbocycles. The predicted octanol–water partition coefficient (Wildman–Crippen LogP) is 4.38. The quantitative estimate of drug-likeness (QED) is 0.913. The molecule has 1 atom stereocenters. The second-order valence-electron chi connectivity index (χ2n) is 5.08. The van der Waals surface area contributed by atoms with E-state index in [1.54, 1.807) is 24.3 Å². The maximum absolute atomic E-state index is 11.4. The third-order valence-corrected chi connectivity index (χ3v) is 4.48. The van der Waals surface area contributed by atoms with Crippen LogP contribution in [0.25, 0.3) is 0 Å². The molecule has 3 rings (SSSR count). The Morgan fingerprint density at radius 2 is 1.35 bits per heavy atom. The van der Waals surface area contributed by atoms with Gasteiger partial charge in [-0.3, -0.25) is 4.79 Å². The van der Waals surface area contributed by atoms with E-state index >= 15 is 0 Å². The molecular weight excluding hydrogens is 295 g/mol. The second-order valence-corrected chi connectivity index (χ2v) is 5.95. The van der Waals surface area contributed by atoms with Crippen molar-refractivity contribution in [3.63, 3.8) is 0 Å². The fourth-order valence-corrected chi connectivity index (χ4v) is 3.11. The van der Waals surface area contributed by atoms with Crippen LogP contribution in [0.4, 0.5) is 0 Å². The molecule has 2 aromatic carbocycles. The normalized spacial score (nSPS) is 19.6. The maximum atomic E-state index is 11.4. The minimum atomic E-state index is -0.769. The number of hydrogen-bond acceptors (Lipinski definition) is 1. The Labute approximate surface area is 127 Å². The van der Waals surface area contributed by atoms with Crippen LogP contribution in [0.5, 0.6) is 0 Å². The number of aliphatic carboxylic acids is 1. The molecule has 2 nitrogen and oxygen atoms in total.